The van der Waals surface area contributed by atoms with Crippen LogP contribution in [-0.4, -0.2) is 45.7 Å². The van der Waals surface area contributed by atoms with Crippen LogP contribution in [0.3, 0.4) is 0 Å². The molecule has 4 rings (SSSR count). The van der Waals surface area contributed by atoms with Gasteiger partial charge in [0.15, 0.2) is 0 Å². The van der Waals surface area contributed by atoms with Crippen LogP contribution < -0.4 is 0 Å². The third-order valence-corrected chi connectivity index (χ3v) is 5.48. The summed E-state index contributed by atoms with van der Waals surface area (Å²) in [6.07, 6.45) is -0.678. The molecule has 0 radical (unpaired) electrons. The molecule has 6 nitrogen and oxygen atoms in total. The summed E-state index contributed by atoms with van der Waals surface area (Å²) < 4.78 is 56.5. The largest absolute Gasteiger partial charge is 0.491 e. The lowest BCUT2D eigenvalue weighted by molar-refractivity contribution is -0.202. The Morgan fingerprint density at radius 2 is 1.97 bits per heavy atom. The van der Waals surface area contributed by atoms with Gasteiger partial charge in [-0.2, -0.15) is 13.2 Å². The van der Waals surface area contributed by atoms with Crippen molar-refractivity contribution < 1.29 is 31.9 Å². The summed E-state index contributed by atoms with van der Waals surface area (Å²) in [6.45, 7) is 1.69. The number of aryl methyl sites for hydroxylation is 1. The van der Waals surface area contributed by atoms with Gasteiger partial charge in [-0.05, 0) is 55.2 Å². The Labute approximate surface area is 180 Å². The van der Waals surface area contributed by atoms with E-state index in [2.05, 4.69) is 9.72 Å². The van der Waals surface area contributed by atoms with Gasteiger partial charge in [-0.25, -0.2) is 9.18 Å². The Hall–Kier alpha value is -3.27. The average molecular weight is 449 g/mol. The number of hydrogen-bond donors (Lipinski definition) is 0. The van der Waals surface area contributed by atoms with Gasteiger partial charge in [-0.1, -0.05) is 6.07 Å². The summed E-state index contributed by atoms with van der Waals surface area (Å²) in [7, 11) is 0. The monoisotopic (exact) mass is 449 g/mol. The molecule has 0 N–H and O–H groups in total. The third-order valence-electron chi connectivity index (χ3n) is 5.48. The van der Waals surface area contributed by atoms with Crippen LogP contribution >= 0.6 is 0 Å². The van der Waals surface area contributed by atoms with Crippen molar-refractivity contribution in [3.05, 3.63) is 54.1 Å². The second-order valence-electron chi connectivity index (χ2n) is 7.67. The first-order valence-corrected chi connectivity index (χ1v) is 9.92. The molecule has 0 spiro atoms. The number of benzene rings is 1. The molecule has 1 saturated heterocycles. The van der Waals surface area contributed by atoms with Crippen molar-refractivity contribution in [1.82, 2.24) is 14.5 Å². The van der Waals surface area contributed by atoms with E-state index in [0.29, 0.717) is 24.0 Å². The highest BCUT2D eigenvalue weighted by Crippen LogP contribution is 2.32. The van der Waals surface area contributed by atoms with E-state index in [1.165, 1.54) is 6.07 Å². The minimum absolute atomic E-state index is 0.302. The molecule has 1 unspecified atom stereocenters. The van der Waals surface area contributed by atoms with E-state index in [1.54, 1.807) is 42.4 Å². The van der Waals surface area contributed by atoms with Crippen LogP contribution in [0.15, 0.2) is 42.7 Å². The number of carbonyl (C=O) groups excluding carboxylic acids is 2. The van der Waals surface area contributed by atoms with Gasteiger partial charge >= 0.3 is 18.1 Å². The van der Waals surface area contributed by atoms with Crippen molar-refractivity contribution in [3.8, 4) is 11.1 Å². The van der Waals surface area contributed by atoms with Crippen molar-refractivity contribution in [1.29, 1.82) is 0 Å². The number of likely N-dealkylation sites (tertiary alicyclic amines) is 1. The topological polar surface area (TPSA) is 64.4 Å². The number of aromatic nitrogens is 2. The van der Waals surface area contributed by atoms with Crippen LogP contribution in [0, 0.1) is 12.7 Å². The van der Waals surface area contributed by atoms with E-state index in [-0.39, 0.29) is 12.0 Å². The van der Waals surface area contributed by atoms with Gasteiger partial charge in [0, 0.05) is 24.5 Å². The molecule has 3 aromatic rings. The van der Waals surface area contributed by atoms with Gasteiger partial charge in [0.1, 0.15) is 5.82 Å². The van der Waals surface area contributed by atoms with Crippen molar-refractivity contribution in [2.75, 3.05) is 13.1 Å². The molecular weight excluding hydrogens is 430 g/mol. The molecule has 32 heavy (non-hydrogen) atoms. The number of carbonyl (C=O) groups is 2. The SMILES string of the molecule is Cc1cc(-c2cnc3ccn(C4CCCN4CC(=O)OC(=O)C(F)(F)F)c3c2)ccc1F. The van der Waals surface area contributed by atoms with Crippen LogP contribution in [0.1, 0.15) is 24.6 Å². The summed E-state index contributed by atoms with van der Waals surface area (Å²) in [4.78, 5) is 29.0. The Balaban J connectivity index is 1.59. The fraction of sp³-hybridized carbons (Fsp3) is 0.318. The zero-order chi connectivity index (χ0) is 23.0. The van der Waals surface area contributed by atoms with Crippen LogP contribution in [0.25, 0.3) is 22.2 Å². The fourth-order valence-electron chi connectivity index (χ4n) is 3.94. The first-order chi connectivity index (χ1) is 15.1. The van der Waals surface area contributed by atoms with E-state index in [4.69, 9.17) is 0 Å². The second kappa shape index (κ2) is 8.34. The second-order valence-corrected chi connectivity index (χ2v) is 7.67. The van der Waals surface area contributed by atoms with E-state index in [9.17, 15) is 27.2 Å². The van der Waals surface area contributed by atoms with E-state index < -0.39 is 24.7 Å². The average Bonchev–Trinajstić information content (AvgIpc) is 3.35. The Morgan fingerprint density at radius 1 is 1.19 bits per heavy atom. The molecule has 1 aliphatic heterocycles. The summed E-state index contributed by atoms with van der Waals surface area (Å²) in [5, 5.41) is 0. The number of ether oxygens (including phenoxy) is 1. The van der Waals surface area contributed by atoms with E-state index in [0.717, 1.165) is 23.1 Å². The summed E-state index contributed by atoms with van der Waals surface area (Å²) >= 11 is 0. The number of fused-ring (bicyclic) bond motifs is 1. The van der Waals surface area contributed by atoms with Crippen LogP contribution in [-0.2, 0) is 14.3 Å². The van der Waals surface area contributed by atoms with Gasteiger partial charge in [-0.3, -0.25) is 14.7 Å². The van der Waals surface area contributed by atoms with Crippen molar-refractivity contribution in [2.24, 2.45) is 0 Å². The summed E-state index contributed by atoms with van der Waals surface area (Å²) in [5.41, 5.74) is 3.55. The Bertz CT molecular complexity index is 1190. The van der Waals surface area contributed by atoms with Crippen molar-refractivity contribution >= 4 is 23.0 Å². The third kappa shape index (κ3) is 4.36. The zero-order valence-electron chi connectivity index (χ0n) is 17.0. The maximum absolute atomic E-state index is 13.6. The number of esters is 2. The highest BCUT2D eigenvalue weighted by Gasteiger charge is 2.43. The Morgan fingerprint density at radius 3 is 2.69 bits per heavy atom. The smallest absolute Gasteiger partial charge is 0.385 e. The predicted molar refractivity (Wildman–Crippen MR) is 107 cm³/mol. The van der Waals surface area contributed by atoms with Gasteiger partial charge < -0.3 is 9.30 Å². The number of alkyl halides is 3. The highest BCUT2D eigenvalue weighted by molar-refractivity contribution is 5.89. The summed E-state index contributed by atoms with van der Waals surface area (Å²) in [5.74, 6) is -4.08. The Kier molecular flexibility index (Phi) is 5.72. The number of halogens is 4. The molecule has 2 aromatic heterocycles. The van der Waals surface area contributed by atoms with Gasteiger partial charge in [0.05, 0.1) is 23.7 Å². The summed E-state index contributed by atoms with van der Waals surface area (Å²) in [6, 6.07) is 8.48. The fourth-order valence-corrected chi connectivity index (χ4v) is 3.94. The molecule has 0 saturated carbocycles. The first kappa shape index (κ1) is 21.9. The molecule has 1 fully saturated rings. The predicted octanol–water partition coefficient (Wildman–Crippen LogP) is 4.38. The number of rotatable bonds is 4. The van der Waals surface area contributed by atoms with Crippen molar-refractivity contribution in [2.45, 2.75) is 32.1 Å². The van der Waals surface area contributed by atoms with E-state index >= 15 is 0 Å². The van der Waals surface area contributed by atoms with Crippen LogP contribution in [0.5, 0.6) is 0 Å². The molecule has 0 aliphatic carbocycles. The van der Waals surface area contributed by atoms with Crippen LogP contribution in [0.2, 0.25) is 0 Å². The number of nitrogens with zero attached hydrogens (tertiary/aromatic N) is 3. The molecule has 0 amide bonds. The lowest BCUT2D eigenvalue weighted by atomic mass is 10.0. The number of pyridine rings is 1. The minimum atomic E-state index is -5.22. The maximum Gasteiger partial charge on any atom is 0.491 e. The molecule has 10 heteroatoms. The van der Waals surface area contributed by atoms with Gasteiger partial charge in [0.2, 0.25) is 0 Å². The molecule has 0 bridgehead atoms. The first-order valence-electron chi connectivity index (χ1n) is 9.92. The lowest BCUT2D eigenvalue weighted by Gasteiger charge is -2.25. The molecule has 1 aliphatic rings. The van der Waals surface area contributed by atoms with Gasteiger partial charge in [-0.15, -0.1) is 0 Å². The highest BCUT2D eigenvalue weighted by atomic mass is 19.4. The maximum atomic E-state index is 13.6. The standard InChI is InChI=1S/C22H19F4N3O3/c1-13-9-14(4-5-16(13)23)15-10-18-17(27-11-15)6-8-29(18)19-3-2-7-28(19)12-20(30)32-21(31)22(24,25)26/h4-6,8-11,19H,2-3,7,12H2,1H3. The number of hydrogen-bond acceptors (Lipinski definition) is 5. The molecule has 3 heterocycles. The zero-order valence-corrected chi connectivity index (χ0v) is 17.0. The lowest BCUT2D eigenvalue weighted by Crippen LogP contribution is -2.36. The molecule has 1 aromatic carbocycles. The molecule has 168 valence electrons. The quantitative estimate of drug-likeness (QED) is 0.336. The van der Waals surface area contributed by atoms with Crippen molar-refractivity contribution in [3.63, 3.8) is 0 Å². The normalized spacial score (nSPS) is 17.1. The molecular formula is C22H19F4N3O3. The molecule has 1 atom stereocenters. The van der Waals surface area contributed by atoms with Gasteiger partial charge in [0.25, 0.3) is 0 Å². The minimum Gasteiger partial charge on any atom is -0.385 e. The van der Waals surface area contributed by atoms with E-state index in [1.807, 2.05) is 10.6 Å². The van der Waals surface area contributed by atoms with Crippen LogP contribution in [0.4, 0.5) is 17.6 Å².